The molecule has 0 aromatic heterocycles. The van der Waals surface area contributed by atoms with Gasteiger partial charge in [-0.3, -0.25) is 4.79 Å². The van der Waals surface area contributed by atoms with E-state index in [0.29, 0.717) is 0 Å². The van der Waals surface area contributed by atoms with E-state index in [0.717, 1.165) is 7.11 Å². The Hall–Kier alpha value is -1.88. The van der Waals surface area contributed by atoms with Crippen LogP contribution in [-0.2, 0) is 34.0 Å². The van der Waals surface area contributed by atoms with Crippen molar-refractivity contribution in [3.05, 3.63) is 0 Å². The molecule has 2 atom stereocenters. The summed E-state index contributed by atoms with van der Waals surface area (Å²) in [6.07, 6.45) is -1.28. The van der Waals surface area contributed by atoms with E-state index in [2.05, 4.69) is 9.46 Å². The lowest BCUT2D eigenvalue weighted by Gasteiger charge is -2.31. The van der Waals surface area contributed by atoms with E-state index in [-0.39, 0.29) is 10.9 Å². The van der Waals surface area contributed by atoms with Gasteiger partial charge < -0.3 is 14.2 Å². The van der Waals surface area contributed by atoms with Crippen molar-refractivity contribution >= 4 is 28.2 Å². The Morgan fingerprint density at radius 1 is 1.07 bits per heavy atom. The van der Waals surface area contributed by atoms with Gasteiger partial charge in [0.15, 0.2) is 0 Å². The second-order valence-corrected chi connectivity index (χ2v) is 8.65. The molecule has 10 nitrogen and oxygen atoms in total. The first-order valence-electron chi connectivity index (χ1n) is 8.47. The lowest BCUT2D eigenvalue weighted by atomic mass is 10.1. The van der Waals surface area contributed by atoms with E-state index in [1.165, 1.54) is 6.92 Å². The molecule has 0 aromatic carbocycles. The average Bonchev–Trinajstić information content (AvgIpc) is 2.49. The number of esters is 2. The molecule has 27 heavy (non-hydrogen) atoms. The standard InChI is InChI=1S/C16H30N2O8S/c1-9-25-13(19)11(4)18(15(21)26-16(5,6)7)27(22,23)17-12(10(2)3)14(20)24-8/h10-12,17H,9H2,1-8H3/t11-,12+/m1/s1. The highest BCUT2D eigenvalue weighted by molar-refractivity contribution is 7.87. The molecule has 0 aromatic rings. The molecule has 0 radical (unpaired) electrons. The summed E-state index contributed by atoms with van der Waals surface area (Å²) in [5.74, 6) is -2.25. The normalized spacial score (nSPS) is 14.3. The smallest absolute Gasteiger partial charge is 0.425 e. The second-order valence-electron chi connectivity index (χ2n) is 7.07. The van der Waals surface area contributed by atoms with Gasteiger partial charge in [0.05, 0.1) is 13.7 Å². The molecule has 0 rings (SSSR count). The van der Waals surface area contributed by atoms with Crippen LogP contribution in [0.25, 0.3) is 0 Å². The number of hydrogen-bond donors (Lipinski definition) is 1. The number of methoxy groups -OCH3 is 1. The van der Waals surface area contributed by atoms with Crippen molar-refractivity contribution in [2.75, 3.05) is 13.7 Å². The van der Waals surface area contributed by atoms with Gasteiger partial charge in [0.25, 0.3) is 0 Å². The molecule has 0 aliphatic rings. The van der Waals surface area contributed by atoms with E-state index in [9.17, 15) is 22.8 Å². The van der Waals surface area contributed by atoms with Crippen LogP contribution in [0.4, 0.5) is 4.79 Å². The predicted octanol–water partition coefficient (Wildman–Crippen LogP) is 1.21. The first kappa shape index (κ1) is 25.1. The summed E-state index contributed by atoms with van der Waals surface area (Å²) < 4.78 is 42.5. The Morgan fingerprint density at radius 3 is 1.96 bits per heavy atom. The zero-order valence-corrected chi connectivity index (χ0v) is 17.9. The third-order valence-corrected chi connectivity index (χ3v) is 4.74. The second kappa shape index (κ2) is 9.88. The van der Waals surface area contributed by atoms with E-state index < -0.39 is 51.8 Å². The molecule has 1 amide bonds. The highest BCUT2D eigenvalue weighted by atomic mass is 32.2. The molecule has 0 unspecified atom stereocenters. The van der Waals surface area contributed by atoms with Crippen LogP contribution in [0, 0.1) is 5.92 Å². The van der Waals surface area contributed by atoms with Crippen LogP contribution in [0.15, 0.2) is 0 Å². The van der Waals surface area contributed by atoms with Crippen molar-refractivity contribution in [3.8, 4) is 0 Å². The summed E-state index contributed by atoms with van der Waals surface area (Å²) >= 11 is 0. The van der Waals surface area contributed by atoms with Crippen LogP contribution in [0.3, 0.4) is 0 Å². The average molecular weight is 410 g/mol. The Kier molecular flexibility index (Phi) is 9.19. The fourth-order valence-corrected chi connectivity index (χ4v) is 3.47. The van der Waals surface area contributed by atoms with Gasteiger partial charge in [-0.2, -0.15) is 17.4 Å². The fourth-order valence-electron chi connectivity index (χ4n) is 1.93. The zero-order chi connectivity index (χ0) is 21.6. The molecule has 11 heteroatoms. The van der Waals surface area contributed by atoms with E-state index in [1.807, 2.05) is 0 Å². The van der Waals surface area contributed by atoms with Gasteiger partial charge in [-0.25, -0.2) is 9.59 Å². The molecule has 0 spiro atoms. The van der Waals surface area contributed by atoms with Gasteiger partial charge in [-0.1, -0.05) is 13.8 Å². The number of ether oxygens (including phenoxy) is 3. The summed E-state index contributed by atoms with van der Waals surface area (Å²) in [7, 11) is -3.54. The van der Waals surface area contributed by atoms with Crippen molar-refractivity contribution in [2.45, 2.75) is 66.2 Å². The molecule has 0 heterocycles. The molecule has 0 saturated heterocycles. The summed E-state index contributed by atoms with van der Waals surface area (Å²) in [5, 5.41) is 0. The predicted molar refractivity (Wildman–Crippen MR) is 96.9 cm³/mol. The number of carbonyl (C=O) groups is 3. The minimum atomic E-state index is -4.65. The number of carbonyl (C=O) groups excluding carboxylic acids is 3. The number of amides is 1. The van der Waals surface area contributed by atoms with Crippen molar-refractivity contribution in [1.82, 2.24) is 9.03 Å². The Labute approximate surface area is 160 Å². The van der Waals surface area contributed by atoms with Crippen molar-refractivity contribution < 1.29 is 37.0 Å². The van der Waals surface area contributed by atoms with Gasteiger partial charge in [-0.05, 0) is 40.5 Å². The molecule has 158 valence electrons. The SMILES string of the molecule is CCOC(=O)[C@@H](C)N(C(=O)OC(C)(C)C)S(=O)(=O)N[C@H](C(=O)OC)C(C)C. The minimum absolute atomic E-state index is 0.00438. The highest BCUT2D eigenvalue weighted by Crippen LogP contribution is 2.17. The third-order valence-electron chi connectivity index (χ3n) is 3.21. The van der Waals surface area contributed by atoms with Crippen LogP contribution in [0.2, 0.25) is 0 Å². The first-order valence-corrected chi connectivity index (χ1v) is 9.91. The topological polar surface area (TPSA) is 128 Å². The highest BCUT2D eigenvalue weighted by Gasteiger charge is 2.42. The summed E-state index contributed by atoms with van der Waals surface area (Å²) in [4.78, 5) is 36.4. The summed E-state index contributed by atoms with van der Waals surface area (Å²) in [6.45, 7) is 10.5. The van der Waals surface area contributed by atoms with Gasteiger partial charge >= 0.3 is 28.2 Å². The fraction of sp³-hybridized carbons (Fsp3) is 0.812. The zero-order valence-electron chi connectivity index (χ0n) is 17.1. The maximum atomic E-state index is 12.8. The number of nitrogens with zero attached hydrogens (tertiary/aromatic N) is 1. The Morgan fingerprint density at radius 2 is 1.59 bits per heavy atom. The van der Waals surface area contributed by atoms with Crippen molar-refractivity contribution in [1.29, 1.82) is 0 Å². The molecular weight excluding hydrogens is 380 g/mol. The number of hydrogen-bond acceptors (Lipinski definition) is 8. The monoisotopic (exact) mass is 410 g/mol. The first-order chi connectivity index (χ1) is 12.2. The van der Waals surface area contributed by atoms with Gasteiger partial charge in [0.2, 0.25) is 0 Å². The van der Waals surface area contributed by atoms with Gasteiger partial charge in [0, 0.05) is 0 Å². The summed E-state index contributed by atoms with van der Waals surface area (Å²) in [6, 6.07) is -2.78. The number of nitrogens with one attached hydrogen (secondary N) is 1. The molecule has 1 N–H and O–H groups in total. The Bertz CT molecular complexity index is 639. The molecule has 0 bridgehead atoms. The molecule has 0 fully saturated rings. The quantitative estimate of drug-likeness (QED) is 0.467. The van der Waals surface area contributed by atoms with Gasteiger partial charge in [0.1, 0.15) is 17.7 Å². The maximum Gasteiger partial charge on any atom is 0.425 e. The largest absolute Gasteiger partial charge is 0.468 e. The molecule has 0 saturated carbocycles. The van der Waals surface area contributed by atoms with Crippen LogP contribution in [-0.4, -0.2) is 62.2 Å². The lowest BCUT2D eigenvalue weighted by Crippen LogP contribution is -2.57. The van der Waals surface area contributed by atoms with E-state index in [1.54, 1.807) is 41.5 Å². The van der Waals surface area contributed by atoms with Crippen LogP contribution >= 0.6 is 0 Å². The lowest BCUT2D eigenvalue weighted by molar-refractivity contribution is -0.147. The molecule has 0 aliphatic carbocycles. The van der Waals surface area contributed by atoms with Crippen LogP contribution in [0.5, 0.6) is 0 Å². The Balaban J connectivity index is 5.97. The maximum absolute atomic E-state index is 12.8. The minimum Gasteiger partial charge on any atom is -0.468 e. The van der Waals surface area contributed by atoms with Crippen LogP contribution < -0.4 is 4.72 Å². The van der Waals surface area contributed by atoms with E-state index in [4.69, 9.17) is 9.47 Å². The molecule has 0 aliphatic heterocycles. The summed E-state index contributed by atoms with van der Waals surface area (Å²) in [5.41, 5.74) is -1.01. The van der Waals surface area contributed by atoms with Crippen molar-refractivity contribution in [3.63, 3.8) is 0 Å². The third kappa shape index (κ3) is 7.71. The van der Waals surface area contributed by atoms with E-state index >= 15 is 0 Å². The van der Waals surface area contributed by atoms with Crippen LogP contribution in [0.1, 0.15) is 48.5 Å². The molecular formula is C16H30N2O8S. The van der Waals surface area contributed by atoms with Gasteiger partial charge in [-0.15, -0.1) is 0 Å². The number of rotatable bonds is 8. The van der Waals surface area contributed by atoms with Crippen molar-refractivity contribution in [2.24, 2.45) is 5.92 Å².